The van der Waals surface area contributed by atoms with E-state index in [9.17, 15) is 13.6 Å². The zero-order valence-electron chi connectivity index (χ0n) is 8.51. The Morgan fingerprint density at radius 2 is 1.93 bits per heavy atom. The molecule has 2 aliphatic rings. The molecular formula is C10H14F2O2. The van der Waals surface area contributed by atoms with Crippen LogP contribution in [-0.4, -0.2) is 19.0 Å². The molecular weight excluding hydrogens is 190 g/mol. The van der Waals surface area contributed by atoms with Crippen LogP contribution in [-0.2, 0) is 9.53 Å². The van der Waals surface area contributed by atoms with Gasteiger partial charge in [-0.2, -0.15) is 0 Å². The number of rotatable bonds is 2. The van der Waals surface area contributed by atoms with Gasteiger partial charge in [0.15, 0.2) is 0 Å². The minimum atomic E-state index is -2.54. The Bertz CT molecular complexity index is 286. The Kier molecular flexibility index (Phi) is 1.74. The van der Waals surface area contributed by atoms with Gasteiger partial charge in [0.05, 0.1) is 13.0 Å². The van der Waals surface area contributed by atoms with Gasteiger partial charge in [-0.25, -0.2) is 8.78 Å². The van der Waals surface area contributed by atoms with E-state index in [0.29, 0.717) is 0 Å². The first-order chi connectivity index (χ1) is 6.32. The van der Waals surface area contributed by atoms with E-state index < -0.39 is 11.8 Å². The van der Waals surface area contributed by atoms with Crippen molar-refractivity contribution in [3.05, 3.63) is 0 Å². The van der Waals surface area contributed by atoms with Crippen molar-refractivity contribution in [2.24, 2.45) is 23.2 Å². The standard InChI is InChI=1S/C10H14F2O2/c1-9(2)6(5-4-10(5,11)12)7(9)8(13)14-3/h5-7H,4H2,1-3H3/t5?,6-,7+/m0/s1. The van der Waals surface area contributed by atoms with Gasteiger partial charge >= 0.3 is 5.97 Å². The average molecular weight is 204 g/mol. The summed E-state index contributed by atoms with van der Waals surface area (Å²) in [5, 5.41) is 0. The molecule has 80 valence electrons. The zero-order valence-corrected chi connectivity index (χ0v) is 8.51. The Morgan fingerprint density at radius 3 is 2.29 bits per heavy atom. The van der Waals surface area contributed by atoms with E-state index in [1.807, 2.05) is 13.8 Å². The average Bonchev–Trinajstić information content (AvgIpc) is 2.84. The third-order valence-corrected chi connectivity index (χ3v) is 3.67. The lowest BCUT2D eigenvalue weighted by atomic mass is 10.1. The fourth-order valence-corrected chi connectivity index (χ4v) is 2.63. The maximum Gasteiger partial charge on any atom is 0.309 e. The lowest BCUT2D eigenvalue weighted by Gasteiger charge is -2.00. The summed E-state index contributed by atoms with van der Waals surface area (Å²) in [7, 11) is 1.30. The molecule has 14 heavy (non-hydrogen) atoms. The van der Waals surface area contributed by atoms with E-state index in [4.69, 9.17) is 0 Å². The molecule has 1 unspecified atom stereocenters. The summed E-state index contributed by atoms with van der Waals surface area (Å²) in [6.45, 7) is 3.71. The van der Waals surface area contributed by atoms with Gasteiger partial charge in [0.2, 0.25) is 0 Å². The monoisotopic (exact) mass is 204 g/mol. The first-order valence-electron chi connectivity index (χ1n) is 4.78. The molecule has 2 fully saturated rings. The molecule has 0 amide bonds. The second kappa shape index (κ2) is 2.47. The number of halogens is 2. The number of esters is 1. The van der Waals surface area contributed by atoms with Crippen LogP contribution in [0.1, 0.15) is 20.3 Å². The summed E-state index contributed by atoms with van der Waals surface area (Å²) < 4.78 is 30.2. The molecule has 0 N–H and O–H groups in total. The predicted molar refractivity (Wildman–Crippen MR) is 45.8 cm³/mol. The van der Waals surface area contributed by atoms with Gasteiger partial charge in [-0.3, -0.25) is 4.79 Å². The molecule has 4 heteroatoms. The summed E-state index contributed by atoms with van der Waals surface area (Å²) in [5.74, 6) is -4.00. The molecule has 2 rings (SSSR count). The second-order valence-corrected chi connectivity index (χ2v) is 4.92. The van der Waals surface area contributed by atoms with Crippen LogP contribution in [0.15, 0.2) is 0 Å². The van der Waals surface area contributed by atoms with Crippen LogP contribution in [0.3, 0.4) is 0 Å². The zero-order chi connectivity index (χ0) is 10.7. The van der Waals surface area contributed by atoms with Gasteiger partial charge in [0, 0.05) is 12.3 Å². The first-order valence-corrected chi connectivity index (χ1v) is 4.78. The van der Waals surface area contributed by atoms with Gasteiger partial charge in [0.25, 0.3) is 5.92 Å². The SMILES string of the molecule is COC(=O)[C@H]1[C@H](C2CC2(F)F)C1(C)C. The fraction of sp³-hybridized carbons (Fsp3) is 0.900. The van der Waals surface area contributed by atoms with Crippen LogP contribution in [0.25, 0.3) is 0 Å². The largest absolute Gasteiger partial charge is 0.469 e. The molecule has 0 aromatic heterocycles. The van der Waals surface area contributed by atoms with Crippen molar-refractivity contribution < 1.29 is 18.3 Å². The summed E-state index contributed by atoms with van der Waals surface area (Å²) in [6.07, 6.45) is -0.0609. The molecule has 0 aliphatic heterocycles. The molecule has 0 aromatic rings. The van der Waals surface area contributed by atoms with Gasteiger partial charge < -0.3 is 4.74 Å². The van der Waals surface area contributed by atoms with Crippen LogP contribution in [0.2, 0.25) is 0 Å². The summed E-state index contributed by atoms with van der Waals surface area (Å²) in [4.78, 5) is 11.3. The molecule has 2 saturated carbocycles. The molecule has 0 saturated heterocycles. The van der Waals surface area contributed by atoms with Gasteiger partial charge in [0.1, 0.15) is 0 Å². The number of alkyl halides is 2. The second-order valence-electron chi connectivity index (χ2n) is 4.92. The first kappa shape index (κ1) is 9.87. The minimum absolute atomic E-state index is 0.0609. The van der Waals surface area contributed by atoms with Gasteiger partial charge in [-0.15, -0.1) is 0 Å². The normalized spacial score (nSPS) is 41.6. The third-order valence-electron chi connectivity index (χ3n) is 3.67. The number of methoxy groups -OCH3 is 1. The predicted octanol–water partition coefficient (Wildman–Crippen LogP) is 2.09. The van der Waals surface area contributed by atoms with Crippen molar-refractivity contribution in [1.82, 2.24) is 0 Å². The number of ether oxygens (including phenoxy) is 1. The van der Waals surface area contributed by atoms with E-state index >= 15 is 0 Å². The van der Waals surface area contributed by atoms with Crippen LogP contribution >= 0.6 is 0 Å². The van der Waals surface area contributed by atoms with E-state index in [-0.39, 0.29) is 29.6 Å². The summed E-state index contributed by atoms with van der Waals surface area (Å²) in [5.41, 5.74) is -0.308. The van der Waals surface area contributed by atoms with Crippen LogP contribution in [0, 0.1) is 23.2 Å². The molecule has 0 radical (unpaired) electrons. The highest BCUT2D eigenvalue weighted by Gasteiger charge is 2.75. The molecule has 3 atom stereocenters. The quantitative estimate of drug-likeness (QED) is 0.644. The Labute approximate surface area is 81.6 Å². The third kappa shape index (κ3) is 1.16. The maximum atomic E-state index is 12.8. The van der Waals surface area contributed by atoms with Crippen molar-refractivity contribution in [2.45, 2.75) is 26.2 Å². The van der Waals surface area contributed by atoms with Crippen molar-refractivity contribution in [3.8, 4) is 0 Å². The van der Waals surface area contributed by atoms with Crippen molar-refractivity contribution in [2.75, 3.05) is 7.11 Å². The number of carbonyl (C=O) groups is 1. The minimum Gasteiger partial charge on any atom is -0.469 e. The molecule has 0 spiro atoms. The van der Waals surface area contributed by atoms with Crippen LogP contribution in [0.5, 0.6) is 0 Å². The number of carbonyl (C=O) groups excluding carboxylic acids is 1. The Hall–Kier alpha value is -0.670. The Balaban J connectivity index is 2.07. The molecule has 0 bridgehead atoms. The van der Waals surface area contributed by atoms with E-state index in [0.717, 1.165) is 0 Å². The summed E-state index contributed by atoms with van der Waals surface area (Å²) in [6, 6.07) is 0. The van der Waals surface area contributed by atoms with Crippen molar-refractivity contribution in [1.29, 1.82) is 0 Å². The van der Waals surface area contributed by atoms with Crippen molar-refractivity contribution in [3.63, 3.8) is 0 Å². The lowest BCUT2D eigenvalue weighted by molar-refractivity contribution is -0.143. The number of hydrogen-bond acceptors (Lipinski definition) is 2. The van der Waals surface area contributed by atoms with Crippen LogP contribution in [0.4, 0.5) is 8.78 Å². The molecule has 0 aromatic carbocycles. The highest BCUT2D eigenvalue weighted by atomic mass is 19.3. The van der Waals surface area contributed by atoms with Gasteiger partial charge in [-0.05, 0) is 11.3 Å². The van der Waals surface area contributed by atoms with Gasteiger partial charge in [-0.1, -0.05) is 13.8 Å². The highest BCUT2D eigenvalue weighted by Crippen LogP contribution is 2.71. The van der Waals surface area contributed by atoms with E-state index in [1.54, 1.807) is 0 Å². The van der Waals surface area contributed by atoms with Crippen molar-refractivity contribution >= 4 is 5.97 Å². The summed E-state index contributed by atoms with van der Waals surface area (Å²) >= 11 is 0. The topological polar surface area (TPSA) is 26.3 Å². The lowest BCUT2D eigenvalue weighted by Crippen LogP contribution is -2.08. The maximum absolute atomic E-state index is 12.8. The number of hydrogen-bond donors (Lipinski definition) is 0. The Morgan fingerprint density at radius 1 is 1.43 bits per heavy atom. The molecule has 0 heterocycles. The smallest absolute Gasteiger partial charge is 0.309 e. The highest BCUT2D eigenvalue weighted by molar-refractivity contribution is 5.77. The van der Waals surface area contributed by atoms with E-state index in [1.165, 1.54) is 7.11 Å². The fourth-order valence-electron chi connectivity index (χ4n) is 2.63. The van der Waals surface area contributed by atoms with Crippen LogP contribution < -0.4 is 0 Å². The molecule has 2 nitrogen and oxygen atoms in total. The van der Waals surface area contributed by atoms with E-state index in [2.05, 4.69) is 4.74 Å². The molecule has 2 aliphatic carbocycles.